The predicted molar refractivity (Wildman–Crippen MR) is 97.2 cm³/mol. The van der Waals surface area contributed by atoms with Crippen LogP contribution in [0.1, 0.15) is 17.5 Å². The van der Waals surface area contributed by atoms with E-state index in [-0.39, 0.29) is 11.8 Å². The molecular weight excluding hydrogens is 318 g/mol. The normalized spacial score (nSPS) is 11.6. The summed E-state index contributed by atoms with van der Waals surface area (Å²) in [6.45, 7) is 0. The molecule has 1 unspecified atom stereocenters. The molecule has 5 heteroatoms. The van der Waals surface area contributed by atoms with Gasteiger partial charge in [-0.2, -0.15) is 0 Å². The summed E-state index contributed by atoms with van der Waals surface area (Å²) in [5.74, 6) is 1.63. The van der Waals surface area contributed by atoms with Gasteiger partial charge in [0.25, 0.3) is 0 Å². The third kappa shape index (κ3) is 5.14. The summed E-state index contributed by atoms with van der Waals surface area (Å²) < 4.78 is 15.8. The molecule has 0 aromatic heterocycles. The number of ether oxygens (including phenoxy) is 3. The van der Waals surface area contributed by atoms with Crippen molar-refractivity contribution in [1.29, 1.82) is 0 Å². The smallest absolute Gasteiger partial charge is 0.220 e. The van der Waals surface area contributed by atoms with Crippen LogP contribution in [-0.2, 0) is 17.6 Å². The highest BCUT2D eigenvalue weighted by Gasteiger charge is 2.17. The van der Waals surface area contributed by atoms with E-state index in [4.69, 9.17) is 19.9 Å². The highest BCUT2D eigenvalue weighted by Crippen LogP contribution is 2.28. The molecule has 2 N–H and O–H groups in total. The summed E-state index contributed by atoms with van der Waals surface area (Å²) in [7, 11) is 4.84. The largest absolute Gasteiger partial charge is 0.497 e. The lowest BCUT2D eigenvalue weighted by Gasteiger charge is -2.15. The monoisotopic (exact) mass is 343 g/mol. The number of methoxy groups -OCH3 is 3. The first-order chi connectivity index (χ1) is 12.1. The highest BCUT2D eigenvalue weighted by atomic mass is 16.5. The number of hydrogen-bond donors (Lipinski definition) is 1. The van der Waals surface area contributed by atoms with Crippen molar-refractivity contribution >= 4 is 5.91 Å². The van der Waals surface area contributed by atoms with Gasteiger partial charge in [-0.1, -0.05) is 18.2 Å². The van der Waals surface area contributed by atoms with Crippen LogP contribution < -0.4 is 19.9 Å². The third-order valence-corrected chi connectivity index (χ3v) is 4.25. The van der Waals surface area contributed by atoms with Crippen molar-refractivity contribution in [2.75, 3.05) is 21.3 Å². The number of benzene rings is 2. The zero-order chi connectivity index (χ0) is 18.2. The number of rotatable bonds is 9. The van der Waals surface area contributed by atoms with Gasteiger partial charge in [0.1, 0.15) is 5.75 Å². The van der Waals surface area contributed by atoms with Crippen LogP contribution in [0.3, 0.4) is 0 Å². The van der Waals surface area contributed by atoms with Crippen LogP contribution in [0.2, 0.25) is 0 Å². The van der Waals surface area contributed by atoms with Gasteiger partial charge in [0, 0.05) is 5.92 Å². The van der Waals surface area contributed by atoms with E-state index in [1.54, 1.807) is 21.3 Å². The molecule has 5 nitrogen and oxygen atoms in total. The zero-order valence-corrected chi connectivity index (χ0v) is 15.0. The minimum absolute atomic E-state index is 0.236. The van der Waals surface area contributed by atoms with Crippen molar-refractivity contribution in [3.05, 3.63) is 53.6 Å². The number of aryl methyl sites for hydroxylation is 1. The van der Waals surface area contributed by atoms with Gasteiger partial charge in [-0.25, -0.2) is 0 Å². The topological polar surface area (TPSA) is 70.8 Å². The number of carbonyl (C=O) groups is 1. The second-order valence-corrected chi connectivity index (χ2v) is 5.88. The van der Waals surface area contributed by atoms with E-state index in [0.717, 1.165) is 23.3 Å². The molecule has 1 atom stereocenters. The second kappa shape index (κ2) is 8.97. The molecule has 0 bridgehead atoms. The van der Waals surface area contributed by atoms with Gasteiger partial charge in [-0.3, -0.25) is 4.79 Å². The Balaban J connectivity index is 2.05. The van der Waals surface area contributed by atoms with E-state index in [2.05, 4.69) is 0 Å². The molecular formula is C20H25NO4. The lowest BCUT2D eigenvalue weighted by Crippen LogP contribution is -2.25. The summed E-state index contributed by atoms with van der Waals surface area (Å²) in [6, 6.07) is 13.5. The van der Waals surface area contributed by atoms with Gasteiger partial charge in [-0.05, 0) is 54.7 Å². The van der Waals surface area contributed by atoms with Crippen molar-refractivity contribution in [2.24, 2.45) is 11.7 Å². The van der Waals surface area contributed by atoms with Gasteiger partial charge >= 0.3 is 0 Å². The molecule has 0 fully saturated rings. The van der Waals surface area contributed by atoms with Crippen LogP contribution >= 0.6 is 0 Å². The summed E-state index contributed by atoms with van der Waals surface area (Å²) in [5, 5.41) is 0. The second-order valence-electron chi connectivity index (χ2n) is 5.88. The molecule has 0 aliphatic heterocycles. The van der Waals surface area contributed by atoms with Crippen LogP contribution in [0, 0.1) is 5.92 Å². The van der Waals surface area contributed by atoms with Crippen LogP contribution in [-0.4, -0.2) is 27.2 Å². The number of hydrogen-bond acceptors (Lipinski definition) is 4. The Kier molecular flexibility index (Phi) is 6.69. The molecule has 0 radical (unpaired) electrons. The quantitative estimate of drug-likeness (QED) is 0.760. The van der Waals surface area contributed by atoms with Gasteiger partial charge in [0.15, 0.2) is 11.5 Å². The Labute approximate surface area is 148 Å². The van der Waals surface area contributed by atoms with Gasteiger partial charge in [0.05, 0.1) is 21.3 Å². The molecule has 0 saturated heterocycles. The molecule has 0 spiro atoms. The maximum atomic E-state index is 11.8. The highest BCUT2D eigenvalue weighted by molar-refractivity contribution is 5.77. The molecule has 2 rings (SSSR count). The van der Waals surface area contributed by atoms with Gasteiger partial charge < -0.3 is 19.9 Å². The molecule has 2 aromatic rings. The summed E-state index contributed by atoms with van der Waals surface area (Å²) in [4.78, 5) is 11.8. The molecule has 0 aliphatic rings. The van der Waals surface area contributed by atoms with E-state index >= 15 is 0 Å². The first kappa shape index (κ1) is 18.6. The van der Waals surface area contributed by atoms with Crippen LogP contribution in [0.15, 0.2) is 42.5 Å². The molecule has 25 heavy (non-hydrogen) atoms. The van der Waals surface area contributed by atoms with Crippen molar-refractivity contribution < 1.29 is 19.0 Å². The van der Waals surface area contributed by atoms with Crippen molar-refractivity contribution in [1.82, 2.24) is 0 Å². The molecule has 1 amide bonds. The number of nitrogens with two attached hydrogens (primary N) is 1. The summed E-state index contributed by atoms with van der Waals surface area (Å²) in [5.41, 5.74) is 7.72. The Hall–Kier alpha value is -2.69. The van der Waals surface area contributed by atoms with Crippen molar-refractivity contribution in [2.45, 2.75) is 19.3 Å². The lowest BCUT2D eigenvalue weighted by atomic mass is 9.92. The average Bonchev–Trinajstić information content (AvgIpc) is 2.64. The van der Waals surface area contributed by atoms with Crippen molar-refractivity contribution in [3.63, 3.8) is 0 Å². The van der Waals surface area contributed by atoms with Crippen LogP contribution in [0.4, 0.5) is 0 Å². The Morgan fingerprint density at radius 1 is 0.960 bits per heavy atom. The van der Waals surface area contributed by atoms with Crippen LogP contribution in [0.25, 0.3) is 0 Å². The van der Waals surface area contributed by atoms with Crippen LogP contribution in [0.5, 0.6) is 17.2 Å². The third-order valence-electron chi connectivity index (χ3n) is 4.25. The van der Waals surface area contributed by atoms with E-state index in [1.807, 2.05) is 42.5 Å². The number of primary amides is 1. The Morgan fingerprint density at radius 2 is 1.72 bits per heavy atom. The SMILES string of the molecule is COc1cccc(CC(CCc2ccc(OC)c(OC)c2)C(N)=O)c1. The standard InChI is InChI=1S/C20H25NO4/c1-23-17-6-4-5-15(12-17)11-16(20(21)22)9-7-14-8-10-18(24-2)19(13-14)25-3/h4-6,8,10,12-13,16H,7,9,11H2,1-3H3,(H2,21,22). The minimum Gasteiger partial charge on any atom is -0.497 e. The average molecular weight is 343 g/mol. The molecule has 2 aromatic carbocycles. The predicted octanol–water partition coefficient (Wildman–Crippen LogP) is 2.99. The van der Waals surface area contributed by atoms with E-state index < -0.39 is 0 Å². The maximum Gasteiger partial charge on any atom is 0.220 e. The fourth-order valence-corrected chi connectivity index (χ4v) is 2.81. The Bertz CT molecular complexity index is 715. The number of carbonyl (C=O) groups excluding carboxylic acids is 1. The van der Waals surface area contributed by atoms with Crippen molar-refractivity contribution in [3.8, 4) is 17.2 Å². The maximum absolute atomic E-state index is 11.8. The van der Waals surface area contributed by atoms with E-state index in [1.165, 1.54) is 0 Å². The van der Waals surface area contributed by atoms with Gasteiger partial charge in [0.2, 0.25) is 5.91 Å². The number of amides is 1. The van der Waals surface area contributed by atoms with Gasteiger partial charge in [-0.15, -0.1) is 0 Å². The first-order valence-electron chi connectivity index (χ1n) is 8.20. The lowest BCUT2D eigenvalue weighted by molar-refractivity contribution is -0.121. The molecule has 0 aliphatic carbocycles. The zero-order valence-electron chi connectivity index (χ0n) is 15.0. The fourth-order valence-electron chi connectivity index (χ4n) is 2.81. The first-order valence-corrected chi connectivity index (χ1v) is 8.20. The summed E-state index contributed by atoms with van der Waals surface area (Å²) >= 11 is 0. The molecule has 134 valence electrons. The van der Waals surface area contributed by atoms with E-state index in [9.17, 15) is 4.79 Å². The fraction of sp³-hybridized carbons (Fsp3) is 0.350. The summed E-state index contributed by atoms with van der Waals surface area (Å²) in [6.07, 6.45) is 2.00. The molecule has 0 saturated carbocycles. The molecule has 0 heterocycles. The minimum atomic E-state index is -0.289. The van der Waals surface area contributed by atoms with E-state index in [0.29, 0.717) is 24.3 Å². The Morgan fingerprint density at radius 3 is 2.36 bits per heavy atom.